The van der Waals surface area contributed by atoms with E-state index >= 15 is 0 Å². The van der Waals surface area contributed by atoms with E-state index in [-0.39, 0.29) is 5.82 Å². The zero-order valence-electron chi connectivity index (χ0n) is 12.0. The number of piperidine rings is 1. The maximum absolute atomic E-state index is 12.9. The molecule has 0 spiro atoms. The topological polar surface area (TPSA) is 18.1 Å². The van der Waals surface area contributed by atoms with Crippen molar-refractivity contribution in [2.24, 2.45) is 0 Å². The lowest BCUT2D eigenvalue weighted by atomic mass is 10.0. The first-order chi connectivity index (χ1) is 9.81. The summed E-state index contributed by atoms with van der Waals surface area (Å²) in [7, 11) is 0. The van der Waals surface area contributed by atoms with E-state index in [1.165, 1.54) is 44.6 Å². The number of quaternary nitrogens is 2. The van der Waals surface area contributed by atoms with Crippen LogP contribution in [0, 0.1) is 5.82 Å². The van der Waals surface area contributed by atoms with E-state index in [2.05, 4.69) is 0 Å². The van der Waals surface area contributed by atoms with Gasteiger partial charge >= 0.3 is 0 Å². The first kappa shape index (κ1) is 14.0. The van der Waals surface area contributed by atoms with E-state index in [9.17, 15) is 4.39 Å². The normalized spacial score (nSPS) is 28.4. The number of benzene rings is 1. The summed E-state index contributed by atoms with van der Waals surface area (Å²) >= 11 is 0. The molecule has 3 nitrogen and oxygen atoms in total. The molecule has 0 unspecified atom stereocenters. The van der Waals surface area contributed by atoms with Gasteiger partial charge in [-0.15, -0.1) is 0 Å². The van der Waals surface area contributed by atoms with Gasteiger partial charge in [0.15, 0.2) is 0 Å². The lowest BCUT2D eigenvalue weighted by Gasteiger charge is -2.36. The molecule has 1 aromatic carbocycles. The molecule has 0 saturated carbocycles. The largest absolute Gasteiger partial charge is 0.370 e. The van der Waals surface area contributed by atoms with Crippen LogP contribution < -0.4 is 9.80 Å². The Bertz CT molecular complexity index is 409. The Morgan fingerprint density at radius 1 is 1.00 bits per heavy atom. The summed E-state index contributed by atoms with van der Waals surface area (Å²) in [6.45, 7) is 7.73. The Balaban J connectivity index is 1.47. The third-order valence-corrected chi connectivity index (χ3v) is 4.77. The summed E-state index contributed by atoms with van der Waals surface area (Å²) in [6.07, 6.45) is 2.62. The van der Waals surface area contributed by atoms with Crippen molar-refractivity contribution in [2.45, 2.75) is 25.4 Å². The minimum absolute atomic E-state index is 0.140. The Kier molecular flexibility index (Phi) is 4.65. The molecule has 2 fully saturated rings. The molecule has 2 aliphatic heterocycles. The second kappa shape index (κ2) is 6.66. The number of hydrogen-bond acceptors (Lipinski definition) is 1. The minimum atomic E-state index is -0.140. The molecular formula is C16H25FN2O+2. The van der Waals surface area contributed by atoms with E-state index < -0.39 is 0 Å². The predicted octanol–water partition coefficient (Wildman–Crippen LogP) is -0.712. The predicted molar refractivity (Wildman–Crippen MR) is 75.3 cm³/mol. The summed E-state index contributed by atoms with van der Waals surface area (Å²) in [5, 5.41) is 0. The van der Waals surface area contributed by atoms with Crippen molar-refractivity contribution < 1.29 is 18.9 Å². The molecule has 110 valence electrons. The second-order valence-electron chi connectivity index (χ2n) is 6.10. The van der Waals surface area contributed by atoms with Crippen LogP contribution in [0.4, 0.5) is 4.39 Å². The van der Waals surface area contributed by atoms with Crippen molar-refractivity contribution in [3.8, 4) is 0 Å². The lowest BCUT2D eigenvalue weighted by Crippen LogP contribution is -3.21. The highest BCUT2D eigenvalue weighted by molar-refractivity contribution is 5.14. The number of rotatable bonds is 3. The van der Waals surface area contributed by atoms with Crippen LogP contribution in [0.5, 0.6) is 0 Å². The van der Waals surface area contributed by atoms with Crippen molar-refractivity contribution >= 4 is 0 Å². The zero-order chi connectivity index (χ0) is 13.8. The SMILES string of the molecule is Fc1ccc(C[NH+]2CCC([NH+]3CCOCC3)CC2)cc1. The van der Waals surface area contributed by atoms with Crippen LogP contribution in [-0.2, 0) is 11.3 Å². The summed E-state index contributed by atoms with van der Waals surface area (Å²) in [5.41, 5.74) is 1.25. The molecule has 0 bridgehead atoms. The maximum atomic E-state index is 12.9. The van der Waals surface area contributed by atoms with Gasteiger partial charge in [-0.05, 0) is 12.1 Å². The number of nitrogens with one attached hydrogen (secondary N) is 2. The first-order valence-electron chi connectivity index (χ1n) is 7.81. The summed E-state index contributed by atoms with van der Waals surface area (Å²) in [4.78, 5) is 3.39. The third kappa shape index (κ3) is 3.57. The van der Waals surface area contributed by atoms with Gasteiger partial charge < -0.3 is 14.5 Å². The van der Waals surface area contributed by atoms with Crippen molar-refractivity contribution in [2.75, 3.05) is 39.4 Å². The average molecular weight is 280 g/mol. The Labute approximate surface area is 120 Å². The van der Waals surface area contributed by atoms with Gasteiger partial charge in [-0.2, -0.15) is 0 Å². The second-order valence-corrected chi connectivity index (χ2v) is 6.10. The highest BCUT2D eigenvalue weighted by Gasteiger charge is 2.30. The Hall–Kier alpha value is -0.970. The fraction of sp³-hybridized carbons (Fsp3) is 0.625. The number of hydrogen-bond donors (Lipinski definition) is 2. The van der Waals surface area contributed by atoms with E-state index in [0.717, 1.165) is 25.8 Å². The van der Waals surface area contributed by atoms with Crippen molar-refractivity contribution in [1.29, 1.82) is 0 Å². The van der Waals surface area contributed by atoms with Crippen LogP contribution in [0.2, 0.25) is 0 Å². The molecule has 1 aromatic rings. The molecule has 0 aliphatic carbocycles. The van der Waals surface area contributed by atoms with Gasteiger partial charge in [0, 0.05) is 18.4 Å². The third-order valence-electron chi connectivity index (χ3n) is 4.77. The monoisotopic (exact) mass is 280 g/mol. The number of likely N-dealkylation sites (tertiary alicyclic amines) is 1. The van der Waals surface area contributed by atoms with E-state index in [1.807, 2.05) is 12.1 Å². The summed E-state index contributed by atoms with van der Waals surface area (Å²) in [5.74, 6) is -0.140. The lowest BCUT2D eigenvalue weighted by molar-refractivity contribution is -0.967. The van der Waals surface area contributed by atoms with Crippen molar-refractivity contribution in [3.05, 3.63) is 35.6 Å². The van der Waals surface area contributed by atoms with Gasteiger partial charge in [0.25, 0.3) is 0 Å². The number of ether oxygens (including phenoxy) is 1. The van der Waals surface area contributed by atoms with Gasteiger partial charge in [0.05, 0.1) is 32.3 Å². The smallest absolute Gasteiger partial charge is 0.123 e. The van der Waals surface area contributed by atoms with Crippen LogP contribution >= 0.6 is 0 Å². The molecule has 2 heterocycles. The average Bonchev–Trinajstić information content (AvgIpc) is 2.51. The van der Waals surface area contributed by atoms with Crippen LogP contribution in [0.1, 0.15) is 18.4 Å². The minimum Gasteiger partial charge on any atom is -0.370 e. The van der Waals surface area contributed by atoms with Crippen LogP contribution in [-0.4, -0.2) is 45.4 Å². The molecule has 0 aromatic heterocycles. The van der Waals surface area contributed by atoms with Gasteiger partial charge in [-0.25, -0.2) is 4.39 Å². The fourth-order valence-corrected chi connectivity index (χ4v) is 3.54. The fourth-order valence-electron chi connectivity index (χ4n) is 3.54. The molecule has 3 rings (SSSR count). The Morgan fingerprint density at radius 2 is 1.65 bits per heavy atom. The summed E-state index contributed by atoms with van der Waals surface area (Å²) < 4.78 is 18.3. The summed E-state index contributed by atoms with van der Waals surface area (Å²) in [6, 6.07) is 7.80. The molecule has 2 saturated heterocycles. The van der Waals surface area contributed by atoms with Gasteiger partial charge in [-0.1, -0.05) is 12.1 Å². The highest BCUT2D eigenvalue weighted by Crippen LogP contribution is 2.02. The standard InChI is InChI=1S/C16H23FN2O/c17-15-3-1-14(2-4-15)13-18-7-5-16(6-8-18)19-9-11-20-12-10-19/h1-4,16H,5-13H2/p+2. The van der Waals surface area contributed by atoms with Gasteiger partial charge in [-0.3, -0.25) is 0 Å². The number of morpholine rings is 1. The molecule has 2 N–H and O–H groups in total. The molecule has 0 amide bonds. The molecule has 4 heteroatoms. The molecule has 2 aliphatic rings. The molecule has 20 heavy (non-hydrogen) atoms. The van der Waals surface area contributed by atoms with E-state index in [0.29, 0.717) is 0 Å². The first-order valence-corrected chi connectivity index (χ1v) is 7.81. The maximum Gasteiger partial charge on any atom is 0.123 e. The molecular weight excluding hydrogens is 255 g/mol. The van der Waals surface area contributed by atoms with Crippen LogP contribution in [0.3, 0.4) is 0 Å². The van der Waals surface area contributed by atoms with Crippen molar-refractivity contribution in [3.63, 3.8) is 0 Å². The Morgan fingerprint density at radius 3 is 2.30 bits per heavy atom. The van der Waals surface area contributed by atoms with Gasteiger partial charge in [0.2, 0.25) is 0 Å². The van der Waals surface area contributed by atoms with Crippen LogP contribution in [0.15, 0.2) is 24.3 Å². The van der Waals surface area contributed by atoms with Crippen molar-refractivity contribution in [1.82, 2.24) is 0 Å². The molecule has 0 radical (unpaired) electrons. The van der Waals surface area contributed by atoms with Gasteiger partial charge in [0.1, 0.15) is 25.5 Å². The van der Waals surface area contributed by atoms with Crippen LogP contribution in [0.25, 0.3) is 0 Å². The quantitative estimate of drug-likeness (QED) is 0.748. The number of halogens is 1. The zero-order valence-corrected chi connectivity index (χ0v) is 12.0. The molecule has 0 atom stereocenters. The van der Waals surface area contributed by atoms with E-state index in [4.69, 9.17) is 4.74 Å². The van der Waals surface area contributed by atoms with E-state index in [1.54, 1.807) is 21.9 Å². The highest BCUT2D eigenvalue weighted by atomic mass is 19.1.